The van der Waals surface area contributed by atoms with Gasteiger partial charge in [0.2, 0.25) is 5.91 Å². The minimum Gasteiger partial charge on any atom is -0.485 e. The van der Waals surface area contributed by atoms with Crippen LogP contribution in [0.3, 0.4) is 0 Å². The number of likely N-dealkylation sites (N-methyl/N-ethyl adjacent to an activating group) is 1. The van der Waals surface area contributed by atoms with E-state index in [1.807, 2.05) is 30.3 Å². The van der Waals surface area contributed by atoms with Gasteiger partial charge in [0.15, 0.2) is 23.6 Å². The number of carbonyl (C=O) groups excluding carboxylic acids is 1. The van der Waals surface area contributed by atoms with Crippen LogP contribution in [0.25, 0.3) is 0 Å². The Labute approximate surface area is 168 Å². The number of carbonyl (C=O) groups is 1. The molecule has 3 atom stereocenters. The number of aliphatic hydroxyl groups excluding tert-OH is 1. The quantitative estimate of drug-likeness (QED) is 0.639. The molecule has 1 amide bonds. The second kappa shape index (κ2) is 8.02. The monoisotopic (exact) mass is 394 g/mol. The summed E-state index contributed by atoms with van der Waals surface area (Å²) in [6.07, 6.45) is 0.441. The van der Waals surface area contributed by atoms with Crippen molar-refractivity contribution in [2.45, 2.75) is 31.7 Å². The molecule has 1 aliphatic heterocycles. The summed E-state index contributed by atoms with van der Waals surface area (Å²) in [5, 5.41) is 17.5. The first-order valence-corrected chi connectivity index (χ1v) is 9.35. The maximum Gasteiger partial charge on any atom is 0.249 e. The van der Waals surface area contributed by atoms with Crippen LogP contribution in [0.4, 0.5) is 5.82 Å². The van der Waals surface area contributed by atoms with Crippen LogP contribution in [0.2, 0.25) is 0 Å². The smallest absolute Gasteiger partial charge is 0.249 e. The molecule has 0 fully saturated rings. The molecule has 1 unspecified atom stereocenters. The number of nitrogens with one attached hydrogen (secondary N) is 1. The lowest BCUT2D eigenvalue weighted by molar-refractivity contribution is -0.123. The predicted octanol–water partition coefficient (Wildman–Crippen LogP) is 2.05. The summed E-state index contributed by atoms with van der Waals surface area (Å²) in [5.74, 6) is 0.920. The fourth-order valence-electron chi connectivity index (χ4n) is 3.31. The Kier molecular flexibility index (Phi) is 5.28. The summed E-state index contributed by atoms with van der Waals surface area (Å²) in [4.78, 5) is 18.6. The Morgan fingerprint density at radius 1 is 1.24 bits per heavy atom. The molecule has 29 heavy (non-hydrogen) atoms. The number of anilines is 1. The van der Waals surface area contributed by atoms with E-state index in [0.717, 1.165) is 5.56 Å². The van der Waals surface area contributed by atoms with Gasteiger partial charge in [-0.2, -0.15) is 0 Å². The lowest BCUT2D eigenvalue weighted by Gasteiger charge is -2.25. The fraction of sp³-hybridized carbons (Fsp3) is 0.286. The third-order valence-corrected chi connectivity index (χ3v) is 4.86. The second-order valence-electron chi connectivity index (χ2n) is 6.98. The van der Waals surface area contributed by atoms with Crippen molar-refractivity contribution >= 4 is 11.7 Å². The summed E-state index contributed by atoms with van der Waals surface area (Å²) >= 11 is 0. The second-order valence-corrected chi connectivity index (χ2v) is 6.98. The van der Waals surface area contributed by atoms with Gasteiger partial charge in [-0.05, 0) is 24.6 Å². The summed E-state index contributed by atoms with van der Waals surface area (Å²) in [5.41, 5.74) is 1.78. The predicted molar refractivity (Wildman–Crippen MR) is 105 cm³/mol. The van der Waals surface area contributed by atoms with Crippen molar-refractivity contribution in [3.05, 3.63) is 71.7 Å². The van der Waals surface area contributed by atoms with Crippen molar-refractivity contribution in [2.75, 3.05) is 11.9 Å². The summed E-state index contributed by atoms with van der Waals surface area (Å²) < 4.78 is 11.2. The van der Waals surface area contributed by atoms with Gasteiger partial charge in [-0.1, -0.05) is 35.5 Å². The van der Waals surface area contributed by atoms with Crippen LogP contribution in [0.5, 0.6) is 5.75 Å². The molecule has 2 N–H and O–H groups in total. The van der Waals surface area contributed by atoms with E-state index >= 15 is 0 Å². The van der Waals surface area contributed by atoms with E-state index in [9.17, 15) is 9.90 Å². The maximum absolute atomic E-state index is 12.9. The van der Waals surface area contributed by atoms with E-state index in [1.54, 1.807) is 38.4 Å². The average molecular weight is 394 g/mol. The molecule has 1 aromatic carbocycles. The van der Waals surface area contributed by atoms with Crippen molar-refractivity contribution in [1.29, 1.82) is 0 Å². The highest BCUT2D eigenvalue weighted by Gasteiger charge is 2.37. The number of benzene rings is 1. The fourth-order valence-corrected chi connectivity index (χ4v) is 3.31. The van der Waals surface area contributed by atoms with Crippen molar-refractivity contribution in [3.63, 3.8) is 0 Å². The standard InChI is InChI=1S/C21H22N4O4/c1-13-18(21(27)25(2)19-16(28-13)9-6-10-22-19)23-20(26)17-12-15(24-29-17)11-14-7-4-3-5-8-14/h3-10,12-13,18,20,23,26H,11H2,1-2H3/t13-,18+,20?/m1/s1. The first-order valence-electron chi connectivity index (χ1n) is 9.35. The highest BCUT2D eigenvalue weighted by molar-refractivity contribution is 5.98. The van der Waals surface area contributed by atoms with Crippen LogP contribution in [-0.2, 0) is 11.2 Å². The topological polar surface area (TPSA) is 101 Å². The Bertz CT molecular complexity index is 991. The third kappa shape index (κ3) is 3.98. The average Bonchev–Trinajstić information content (AvgIpc) is 3.17. The number of fused-ring (bicyclic) bond motifs is 1. The number of ether oxygens (including phenoxy) is 1. The Morgan fingerprint density at radius 2 is 2.03 bits per heavy atom. The molecular weight excluding hydrogens is 372 g/mol. The van der Waals surface area contributed by atoms with Crippen LogP contribution in [-0.4, -0.2) is 40.3 Å². The number of hydrogen-bond acceptors (Lipinski definition) is 7. The number of aromatic nitrogens is 2. The normalized spacial score (nSPS) is 20.0. The van der Waals surface area contributed by atoms with Crippen LogP contribution >= 0.6 is 0 Å². The van der Waals surface area contributed by atoms with Gasteiger partial charge in [0.05, 0.1) is 5.69 Å². The largest absolute Gasteiger partial charge is 0.485 e. The molecule has 1 aliphatic rings. The molecule has 4 rings (SSSR count). The number of aliphatic hydroxyl groups is 1. The first-order chi connectivity index (χ1) is 14.0. The van der Waals surface area contributed by atoms with Crippen molar-refractivity contribution in [1.82, 2.24) is 15.5 Å². The summed E-state index contributed by atoms with van der Waals surface area (Å²) in [6, 6.07) is 14.2. The lowest BCUT2D eigenvalue weighted by atomic mass is 10.1. The van der Waals surface area contributed by atoms with Gasteiger partial charge in [-0.15, -0.1) is 0 Å². The number of rotatable bonds is 5. The SMILES string of the molecule is C[C@H]1Oc2cccnc2N(C)C(=O)[C@H]1NC(O)c1cc(Cc2ccccc2)no1. The summed E-state index contributed by atoms with van der Waals surface area (Å²) in [7, 11) is 1.63. The molecule has 0 radical (unpaired) electrons. The zero-order valence-electron chi connectivity index (χ0n) is 16.1. The molecule has 2 aromatic heterocycles. The van der Waals surface area contributed by atoms with Gasteiger partial charge < -0.3 is 14.4 Å². The Hall–Kier alpha value is -3.23. The van der Waals surface area contributed by atoms with E-state index < -0.39 is 18.4 Å². The molecule has 0 saturated heterocycles. The van der Waals surface area contributed by atoms with Gasteiger partial charge in [0.1, 0.15) is 12.1 Å². The van der Waals surface area contributed by atoms with Crippen molar-refractivity contribution < 1.29 is 19.2 Å². The minimum atomic E-state index is -1.21. The van der Waals surface area contributed by atoms with Gasteiger partial charge in [-0.3, -0.25) is 15.0 Å². The highest BCUT2D eigenvalue weighted by atomic mass is 16.5. The number of hydrogen-bond donors (Lipinski definition) is 2. The van der Waals surface area contributed by atoms with E-state index in [1.165, 1.54) is 4.90 Å². The zero-order chi connectivity index (χ0) is 20.4. The molecule has 150 valence electrons. The molecule has 0 aliphatic carbocycles. The number of amides is 1. The molecule has 0 spiro atoms. The van der Waals surface area contributed by atoms with Crippen molar-refractivity contribution in [2.24, 2.45) is 0 Å². The van der Waals surface area contributed by atoms with Crippen LogP contribution in [0.1, 0.15) is 30.2 Å². The molecule has 0 bridgehead atoms. The van der Waals surface area contributed by atoms with Crippen LogP contribution < -0.4 is 15.0 Å². The van der Waals surface area contributed by atoms with E-state index in [-0.39, 0.29) is 11.7 Å². The lowest BCUT2D eigenvalue weighted by Crippen LogP contribution is -2.52. The summed E-state index contributed by atoms with van der Waals surface area (Å²) in [6.45, 7) is 1.76. The van der Waals surface area contributed by atoms with E-state index in [0.29, 0.717) is 23.7 Å². The van der Waals surface area contributed by atoms with Crippen molar-refractivity contribution in [3.8, 4) is 5.75 Å². The van der Waals surface area contributed by atoms with Gasteiger partial charge in [0, 0.05) is 25.7 Å². The third-order valence-electron chi connectivity index (χ3n) is 4.86. The molecule has 8 heteroatoms. The number of pyridine rings is 1. The van der Waals surface area contributed by atoms with E-state index in [4.69, 9.17) is 9.26 Å². The van der Waals surface area contributed by atoms with Gasteiger partial charge in [0.25, 0.3) is 0 Å². The highest BCUT2D eigenvalue weighted by Crippen LogP contribution is 2.30. The van der Waals surface area contributed by atoms with E-state index in [2.05, 4.69) is 15.5 Å². The van der Waals surface area contributed by atoms with Crippen LogP contribution in [0.15, 0.2) is 59.3 Å². The first kappa shape index (κ1) is 19.1. The van der Waals surface area contributed by atoms with Gasteiger partial charge >= 0.3 is 0 Å². The molecular formula is C21H22N4O4. The van der Waals surface area contributed by atoms with Gasteiger partial charge in [-0.25, -0.2) is 4.98 Å². The Balaban J connectivity index is 1.48. The molecule has 3 aromatic rings. The molecule has 3 heterocycles. The minimum absolute atomic E-state index is 0.235. The molecule has 0 saturated carbocycles. The maximum atomic E-state index is 12.9. The Morgan fingerprint density at radius 3 is 2.83 bits per heavy atom. The zero-order valence-corrected chi connectivity index (χ0v) is 16.1. The van der Waals surface area contributed by atoms with Crippen LogP contribution in [0, 0.1) is 0 Å². The molecule has 8 nitrogen and oxygen atoms in total. The number of nitrogens with zero attached hydrogens (tertiary/aromatic N) is 3.